The van der Waals surface area contributed by atoms with Gasteiger partial charge in [-0.25, -0.2) is 9.59 Å². The van der Waals surface area contributed by atoms with Crippen molar-refractivity contribution in [3.63, 3.8) is 0 Å². The Morgan fingerprint density at radius 1 is 0.576 bits per heavy atom. The first-order valence-corrected chi connectivity index (χ1v) is 12.7. The lowest BCUT2D eigenvalue weighted by molar-refractivity contribution is -0.0507. The van der Waals surface area contributed by atoms with Crippen LogP contribution in [-0.2, 0) is 9.47 Å². The van der Waals surface area contributed by atoms with Crippen LogP contribution < -0.4 is 0 Å². The van der Waals surface area contributed by atoms with E-state index in [0.29, 0.717) is 17.0 Å². The molecule has 0 bridgehead atoms. The van der Waals surface area contributed by atoms with Crippen LogP contribution in [0.25, 0.3) is 0 Å². The Bertz CT molecular complexity index is 941. The number of rotatable bonds is 4. The van der Waals surface area contributed by atoms with Gasteiger partial charge < -0.3 is 9.47 Å². The summed E-state index contributed by atoms with van der Waals surface area (Å²) in [7, 11) is 0. The Morgan fingerprint density at radius 3 is 1.67 bits per heavy atom. The SMILES string of the molecule is O=C(OC1CCC2CC3CCCCC3C2CCC1OC(=O)c1ccccc1)c1ccccc1. The first-order chi connectivity index (χ1) is 16.2. The number of carbonyl (C=O) groups is 2. The molecule has 0 heterocycles. The van der Waals surface area contributed by atoms with Gasteiger partial charge in [0.05, 0.1) is 11.1 Å². The fourth-order valence-corrected chi connectivity index (χ4v) is 6.72. The zero-order valence-corrected chi connectivity index (χ0v) is 19.2. The van der Waals surface area contributed by atoms with E-state index in [1.807, 2.05) is 36.4 Å². The highest BCUT2D eigenvalue weighted by molar-refractivity contribution is 5.90. The largest absolute Gasteiger partial charge is 0.455 e. The molecule has 6 atom stereocenters. The molecule has 0 N–H and O–H groups in total. The summed E-state index contributed by atoms with van der Waals surface area (Å²) in [5, 5.41) is 0. The van der Waals surface area contributed by atoms with E-state index in [2.05, 4.69) is 0 Å². The maximum atomic E-state index is 12.9. The molecule has 6 unspecified atom stereocenters. The number of esters is 2. The van der Waals surface area contributed by atoms with E-state index in [9.17, 15) is 9.59 Å². The van der Waals surface area contributed by atoms with Crippen LogP contribution in [0.3, 0.4) is 0 Å². The van der Waals surface area contributed by atoms with E-state index in [1.54, 1.807) is 24.3 Å². The molecule has 4 nitrogen and oxygen atoms in total. The van der Waals surface area contributed by atoms with Crippen molar-refractivity contribution in [1.29, 1.82) is 0 Å². The van der Waals surface area contributed by atoms with Crippen molar-refractivity contribution in [3.8, 4) is 0 Å². The second-order valence-electron chi connectivity index (χ2n) is 10.1. The quantitative estimate of drug-likeness (QED) is 0.506. The summed E-state index contributed by atoms with van der Waals surface area (Å²) in [6, 6.07) is 18.2. The molecule has 2 aromatic carbocycles. The number of carbonyl (C=O) groups excluding carboxylic acids is 2. The molecule has 0 radical (unpaired) electrons. The zero-order chi connectivity index (χ0) is 22.6. The first-order valence-electron chi connectivity index (χ1n) is 12.7. The van der Waals surface area contributed by atoms with E-state index in [1.165, 1.54) is 32.1 Å². The number of ether oxygens (including phenoxy) is 2. The van der Waals surface area contributed by atoms with Crippen molar-refractivity contribution in [2.45, 2.75) is 70.0 Å². The molecule has 0 saturated heterocycles. The van der Waals surface area contributed by atoms with Crippen LogP contribution in [0.5, 0.6) is 0 Å². The smallest absolute Gasteiger partial charge is 0.338 e. The summed E-state index contributed by atoms with van der Waals surface area (Å²) in [5.74, 6) is 2.46. The van der Waals surface area contributed by atoms with Gasteiger partial charge in [-0.1, -0.05) is 55.7 Å². The van der Waals surface area contributed by atoms with Crippen molar-refractivity contribution in [1.82, 2.24) is 0 Å². The number of benzene rings is 2. The van der Waals surface area contributed by atoms with Gasteiger partial charge in [0.2, 0.25) is 0 Å². The Balaban J connectivity index is 1.34. The van der Waals surface area contributed by atoms with Crippen LogP contribution in [0, 0.1) is 23.7 Å². The molecular weight excluding hydrogens is 412 g/mol. The highest BCUT2D eigenvalue weighted by atomic mass is 16.6. The Morgan fingerprint density at radius 2 is 1.06 bits per heavy atom. The minimum atomic E-state index is -0.408. The predicted octanol–water partition coefficient (Wildman–Crippen LogP) is 6.45. The second kappa shape index (κ2) is 10.1. The van der Waals surface area contributed by atoms with Gasteiger partial charge in [-0.2, -0.15) is 0 Å². The standard InChI is InChI=1S/C29H34O4/c30-28(20-9-3-1-4-10-20)32-26-17-15-23-19-22-13-7-8-14-24(22)25(23)16-18-27(26)33-29(31)21-11-5-2-6-12-21/h1-6,9-12,22-27H,7-8,13-19H2. The minimum absolute atomic E-state index is 0.333. The third-order valence-electron chi connectivity index (χ3n) is 8.29. The average molecular weight is 447 g/mol. The molecule has 0 aromatic heterocycles. The first kappa shape index (κ1) is 22.2. The molecule has 3 fully saturated rings. The van der Waals surface area contributed by atoms with Gasteiger partial charge in [-0.15, -0.1) is 0 Å². The molecule has 0 amide bonds. The highest BCUT2D eigenvalue weighted by Crippen LogP contribution is 2.53. The van der Waals surface area contributed by atoms with Gasteiger partial charge in [0.15, 0.2) is 0 Å². The van der Waals surface area contributed by atoms with Gasteiger partial charge >= 0.3 is 11.9 Å². The normalized spacial score (nSPS) is 31.4. The molecule has 0 aliphatic heterocycles. The van der Waals surface area contributed by atoms with E-state index in [4.69, 9.17) is 9.47 Å². The minimum Gasteiger partial charge on any atom is -0.455 e. The van der Waals surface area contributed by atoms with E-state index in [-0.39, 0.29) is 11.9 Å². The second-order valence-corrected chi connectivity index (χ2v) is 10.1. The molecule has 33 heavy (non-hydrogen) atoms. The molecule has 3 aliphatic rings. The fourth-order valence-electron chi connectivity index (χ4n) is 6.72. The van der Waals surface area contributed by atoms with Crippen LogP contribution in [0.15, 0.2) is 60.7 Å². The van der Waals surface area contributed by atoms with Crippen LogP contribution in [0.4, 0.5) is 0 Å². The topological polar surface area (TPSA) is 52.6 Å². The number of hydrogen-bond donors (Lipinski definition) is 0. The van der Waals surface area contributed by atoms with Gasteiger partial charge in [-0.05, 0) is 86.5 Å². The molecule has 174 valence electrons. The number of hydrogen-bond acceptors (Lipinski definition) is 4. The lowest BCUT2D eigenvalue weighted by Crippen LogP contribution is -2.38. The van der Waals surface area contributed by atoms with Crippen LogP contribution >= 0.6 is 0 Å². The molecule has 2 aromatic rings. The van der Waals surface area contributed by atoms with Gasteiger partial charge in [-0.3, -0.25) is 0 Å². The van der Waals surface area contributed by atoms with Gasteiger partial charge in [0, 0.05) is 0 Å². The van der Waals surface area contributed by atoms with Gasteiger partial charge in [0.1, 0.15) is 12.2 Å². The third-order valence-corrected chi connectivity index (χ3v) is 8.29. The van der Waals surface area contributed by atoms with Crippen molar-refractivity contribution >= 4 is 11.9 Å². The Labute approximate surface area is 196 Å². The predicted molar refractivity (Wildman–Crippen MR) is 127 cm³/mol. The molecule has 0 spiro atoms. The molecule has 4 heteroatoms. The third kappa shape index (κ3) is 5.00. The summed E-state index contributed by atoms with van der Waals surface area (Å²) in [6.45, 7) is 0. The molecule has 5 rings (SSSR count). The Hall–Kier alpha value is -2.62. The highest BCUT2D eigenvalue weighted by Gasteiger charge is 2.45. The van der Waals surface area contributed by atoms with Crippen LogP contribution in [-0.4, -0.2) is 24.1 Å². The van der Waals surface area contributed by atoms with E-state index >= 15 is 0 Å². The summed E-state index contributed by atoms with van der Waals surface area (Å²) in [4.78, 5) is 25.8. The van der Waals surface area contributed by atoms with Crippen LogP contribution in [0.1, 0.15) is 78.5 Å². The van der Waals surface area contributed by atoms with E-state index < -0.39 is 12.2 Å². The summed E-state index contributed by atoms with van der Waals surface area (Å²) >= 11 is 0. The maximum absolute atomic E-state index is 12.9. The van der Waals surface area contributed by atoms with Crippen LogP contribution in [0.2, 0.25) is 0 Å². The molecule has 3 saturated carbocycles. The van der Waals surface area contributed by atoms with Crippen molar-refractivity contribution in [3.05, 3.63) is 71.8 Å². The summed E-state index contributed by atoms with van der Waals surface area (Å²) in [6.07, 6.45) is 9.57. The lowest BCUT2D eigenvalue weighted by Gasteiger charge is -2.35. The number of fused-ring (bicyclic) bond motifs is 3. The summed E-state index contributed by atoms with van der Waals surface area (Å²) < 4.78 is 12.0. The Kier molecular flexibility index (Phi) is 6.80. The lowest BCUT2D eigenvalue weighted by atomic mass is 9.74. The average Bonchev–Trinajstić information content (AvgIpc) is 3.21. The molecule has 3 aliphatic carbocycles. The van der Waals surface area contributed by atoms with Gasteiger partial charge in [0.25, 0.3) is 0 Å². The molecular formula is C29H34O4. The summed E-state index contributed by atoms with van der Waals surface area (Å²) in [5.41, 5.74) is 1.08. The van der Waals surface area contributed by atoms with Crippen molar-refractivity contribution in [2.24, 2.45) is 23.7 Å². The van der Waals surface area contributed by atoms with E-state index in [0.717, 1.165) is 43.4 Å². The maximum Gasteiger partial charge on any atom is 0.338 e. The fraction of sp³-hybridized carbons (Fsp3) is 0.517. The monoisotopic (exact) mass is 446 g/mol. The van der Waals surface area contributed by atoms with Crippen molar-refractivity contribution in [2.75, 3.05) is 0 Å². The zero-order valence-electron chi connectivity index (χ0n) is 19.2. The van der Waals surface area contributed by atoms with Crippen molar-refractivity contribution < 1.29 is 19.1 Å².